The molecule has 0 aromatic rings. The Morgan fingerprint density at radius 3 is 1.24 bits per heavy atom. The monoisotopic (exact) mass is 335 g/mol. The van der Waals surface area contributed by atoms with Crippen LogP contribution in [0.3, 0.4) is 0 Å². The van der Waals surface area contributed by atoms with E-state index in [1.54, 1.807) is 0 Å². The van der Waals surface area contributed by atoms with Crippen molar-refractivity contribution in [3.05, 3.63) is 0 Å². The smallest absolute Gasteiger partial charge is 0.303 e. The number of nitrogens with zero attached hydrogens (tertiary/aromatic N) is 1. The highest BCUT2D eigenvalue weighted by Crippen LogP contribution is 2.20. The minimum atomic E-state index is -5.84. The minimum Gasteiger partial charge on any atom is -0.303 e. The summed E-state index contributed by atoms with van der Waals surface area (Å²) >= 11 is 0. The lowest BCUT2D eigenvalue weighted by molar-refractivity contribution is -0.0510. The Bertz CT molecular complexity index is 313. The summed E-state index contributed by atoms with van der Waals surface area (Å²) in [6, 6.07) is 0. The number of halogens is 3. The molecule has 0 rings (SSSR count). The largest absolute Gasteiger partial charge is 0.522 e. The van der Waals surface area contributed by atoms with Crippen molar-refractivity contribution in [2.75, 3.05) is 19.6 Å². The molecule has 0 saturated heterocycles. The Kier molecular flexibility index (Phi) is 13.4. The van der Waals surface area contributed by atoms with Crippen LogP contribution in [0, 0.1) is 0 Å². The standard InChI is InChI=1S/C12H27N.CHF3O3S/c1-4-7-10-13(11-8-5-2)12-9-6-3;2-1(3,4)8(5,6)7/h4-12H2,1-3H3;(H,5,6,7). The zero-order valence-electron chi connectivity index (χ0n) is 13.1. The van der Waals surface area contributed by atoms with E-state index in [1.165, 1.54) is 58.2 Å². The summed E-state index contributed by atoms with van der Waals surface area (Å²) in [4.78, 5) is 2.64. The molecule has 0 aliphatic heterocycles. The van der Waals surface area contributed by atoms with Crippen molar-refractivity contribution in [1.82, 2.24) is 4.90 Å². The molecule has 0 aliphatic carbocycles. The molecule has 0 atom stereocenters. The predicted octanol–water partition coefficient (Wildman–Crippen LogP) is 4.08. The van der Waals surface area contributed by atoms with Crippen LogP contribution in [-0.2, 0) is 10.1 Å². The lowest BCUT2D eigenvalue weighted by atomic mass is 10.2. The average Bonchev–Trinajstić information content (AvgIpc) is 2.36. The van der Waals surface area contributed by atoms with Gasteiger partial charge in [0.1, 0.15) is 0 Å². The van der Waals surface area contributed by atoms with Gasteiger partial charge in [-0.1, -0.05) is 40.0 Å². The van der Waals surface area contributed by atoms with E-state index in [2.05, 4.69) is 25.7 Å². The van der Waals surface area contributed by atoms with Gasteiger partial charge in [0, 0.05) is 0 Å². The van der Waals surface area contributed by atoms with Crippen molar-refractivity contribution in [3.8, 4) is 0 Å². The van der Waals surface area contributed by atoms with Crippen LogP contribution in [0.25, 0.3) is 0 Å². The average molecular weight is 335 g/mol. The van der Waals surface area contributed by atoms with Crippen molar-refractivity contribution in [1.29, 1.82) is 0 Å². The molecule has 0 spiro atoms. The maximum atomic E-state index is 10.7. The fourth-order valence-corrected chi connectivity index (χ4v) is 1.48. The van der Waals surface area contributed by atoms with E-state index in [-0.39, 0.29) is 0 Å². The van der Waals surface area contributed by atoms with Gasteiger partial charge in [-0.25, -0.2) is 0 Å². The second kappa shape index (κ2) is 12.2. The lowest BCUT2D eigenvalue weighted by Gasteiger charge is -2.21. The highest BCUT2D eigenvalue weighted by molar-refractivity contribution is 7.86. The van der Waals surface area contributed by atoms with E-state index < -0.39 is 15.6 Å². The van der Waals surface area contributed by atoms with Crippen molar-refractivity contribution in [2.24, 2.45) is 0 Å². The Hall–Kier alpha value is -0.340. The Balaban J connectivity index is 0. The lowest BCUT2D eigenvalue weighted by Crippen LogP contribution is -2.27. The minimum absolute atomic E-state index is 1.32. The van der Waals surface area contributed by atoms with Crippen LogP contribution in [-0.4, -0.2) is 43.0 Å². The quantitative estimate of drug-likeness (QED) is 0.509. The third-order valence-electron chi connectivity index (χ3n) is 2.78. The fraction of sp³-hybridized carbons (Fsp3) is 1.00. The summed E-state index contributed by atoms with van der Waals surface area (Å²) in [6.45, 7) is 10.8. The predicted molar refractivity (Wildman–Crippen MR) is 78.8 cm³/mol. The number of alkyl halides is 3. The second-order valence-corrected chi connectivity index (χ2v) is 6.24. The van der Waals surface area contributed by atoms with Crippen LogP contribution in [0.15, 0.2) is 0 Å². The molecule has 0 aromatic heterocycles. The van der Waals surface area contributed by atoms with Crippen LogP contribution < -0.4 is 0 Å². The van der Waals surface area contributed by atoms with Crippen LogP contribution in [0.2, 0.25) is 0 Å². The molecule has 0 unspecified atom stereocenters. The van der Waals surface area contributed by atoms with E-state index in [0.717, 1.165) is 0 Å². The summed E-state index contributed by atoms with van der Waals surface area (Å²) < 4.78 is 57.5. The number of hydrogen-bond donors (Lipinski definition) is 1. The highest BCUT2D eigenvalue weighted by atomic mass is 32.2. The highest BCUT2D eigenvalue weighted by Gasteiger charge is 2.44. The zero-order chi connectivity index (χ0) is 16.9. The van der Waals surface area contributed by atoms with E-state index in [1.807, 2.05) is 0 Å². The third-order valence-corrected chi connectivity index (χ3v) is 3.36. The summed E-state index contributed by atoms with van der Waals surface area (Å²) in [5.74, 6) is 0. The molecule has 0 aromatic carbocycles. The topological polar surface area (TPSA) is 57.6 Å². The summed E-state index contributed by atoms with van der Waals surface area (Å²) in [7, 11) is -5.84. The van der Waals surface area contributed by atoms with Crippen LogP contribution in [0.5, 0.6) is 0 Å². The first-order valence-corrected chi connectivity index (χ1v) is 8.80. The maximum absolute atomic E-state index is 10.7. The molecule has 0 heterocycles. The van der Waals surface area contributed by atoms with Gasteiger partial charge in [-0.3, -0.25) is 4.55 Å². The van der Waals surface area contributed by atoms with E-state index >= 15 is 0 Å². The number of rotatable bonds is 9. The normalized spacial score (nSPS) is 12.2. The van der Waals surface area contributed by atoms with Crippen molar-refractivity contribution < 1.29 is 26.1 Å². The summed E-state index contributed by atoms with van der Waals surface area (Å²) in [5, 5.41) is 0. The van der Waals surface area contributed by atoms with Gasteiger partial charge in [-0.2, -0.15) is 21.6 Å². The molecule has 4 nitrogen and oxygen atoms in total. The first kappa shape index (κ1) is 22.9. The van der Waals surface area contributed by atoms with E-state index in [9.17, 15) is 13.2 Å². The summed E-state index contributed by atoms with van der Waals surface area (Å²) in [6.07, 6.45) is 8.09. The molecule has 8 heteroatoms. The molecule has 0 amide bonds. The van der Waals surface area contributed by atoms with Gasteiger partial charge in [-0.15, -0.1) is 0 Å². The van der Waals surface area contributed by atoms with E-state index in [0.29, 0.717) is 0 Å². The van der Waals surface area contributed by atoms with Gasteiger partial charge in [0.25, 0.3) is 0 Å². The summed E-state index contributed by atoms with van der Waals surface area (Å²) in [5.41, 5.74) is -5.53. The van der Waals surface area contributed by atoms with Crippen LogP contribution in [0.1, 0.15) is 59.3 Å². The first-order valence-electron chi connectivity index (χ1n) is 7.36. The van der Waals surface area contributed by atoms with Gasteiger partial charge in [-0.05, 0) is 38.9 Å². The molecular formula is C13H28F3NO3S. The first-order chi connectivity index (χ1) is 9.60. The molecular weight excluding hydrogens is 307 g/mol. The zero-order valence-corrected chi connectivity index (χ0v) is 13.9. The van der Waals surface area contributed by atoms with Gasteiger partial charge in [0.15, 0.2) is 0 Å². The third kappa shape index (κ3) is 14.4. The molecule has 1 N–H and O–H groups in total. The van der Waals surface area contributed by atoms with Gasteiger partial charge in [0.05, 0.1) is 0 Å². The Labute approximate surface area is 126 Å². The van der Waals surface area contributed by atoms with Crippen LogP contribution in [0.4, 0.5) is 13.2 Å². The number of hydrogen-bond acceptors (Lipinski definition) is 3. The second-order valence-electron chi connectivity index (χ2n) is 4.82. The van der Waals surface area contributed by atoms with Crippen molar-refractivity contribution >= 4 is 10.1 Å². The SMILES string of the molecule is CCCCN(CCCC)CCCC.O=S(=O)(O)C(F)(F)F. The molecule has 0 radical (unpaired) electrons. The Morgan fingerprint density at radius 2 is 1.10 bits per heavy atom. The van der Waals surface area contributed by atoms with E-state index in [4.69, 9.17) is 13.0 Å². The molecule has 21 heavy (non-hydrogen) atoms. The van der Waals surface area contributed by atoms with Crippen molar-refractivity contribution in [3.63, 3.8) is 0 Å². The fourth-order valence-electron chi connectivity index (χ4n) is 1.48. The van der Waals surface area contributed by atoms with Crippen LogP contribution >= 0.6 is 0 Å². The molecule has 0 saturated carbocycles. The molecule has 130 valence electrons. The maximum Gasteiger partial charge on any atom is 0.522 e. The van der Waals surface area contributed by atoms with Gasteiger partial charge in [0.2, 0.25) is 0 Å². The van der Waals surface area contributed by atoms with Gasteiger partial charge >= 0.3 is 15.6 Å². The molecule has 0 bridgehead atoms. The molecule has 0 fully saturated rings. The Morgan fingerprint density at radius 1 is 0.857 bits per heavy atom. The van der Waals surface area contributed by atoms with Crippen molar-refractivity contribution in [2.45, 2.75) is 64.8 Å². The molecule has 0 aliphatic rings. The number of unbranched alkanes of at least 4 members (excludes halogenated alkanes) is 3. The van der Waals surface area contributed by atoms with Gasteiger partial charge < -0.3 is 4.90 Å².